The normalized spacial score (nSPS) is 10.1. The molecule has 14 heavy (non-hydrogen) atoms. The van der Waals surface area contributed by atoms with Gasteiger partial charge in [0.15, 0.2) is 0 Å². The molecular formula is C10H15NOS2. The van der Waals surface area contributed by atoms with Crippen LogP contribution in [0.1, 0.15) is 18.2 Å². The minimum Gasteiger partial charge on any atom is -0.338 e. The molecule has 0 atom stereocenters. The van der Waals surface area contributed by atoms with Crippen LogP contribution in [0.2, 0.25) is 0 Å². The number of thiol groups is 1. The van der Waals surface area contributed by atoms with Crippen LogP contribution in [0.4, 0.5) is 0 Å². The summed E-state index contributed by atoms with van der Waals surface area (Å²) in [7, 11) is 0. The topological polar surface area (TPSA) is 20.3 Å². The lowest BCUT2D eigenvalue weighted by Crippen LogP contribution is -2.29. The molecule has 1 heterocycles. The van der Waals surface area contributed by atoms with Gasteiger partial charge in [0.1, 0.15) is 0 Å². The van der Waals surface area contributed by atoms with Gasteiger partial charge in [-0.3, -0.25) is 4.79 Å². The number of amides is 1. The molecule has 1 rings (SSSR count). The van der Waals surface area contributed by atoms with Crippen LogP contribution in [0.15, 0.2) is 17.5 Å². The molecule has 0 fully saturated rings. The molecule has 78 valence electrons. The van der Waals surface area contributed by atoms with Crippen molar-refractivity contribution in [2.24, 2.45) is 0 Å². The summed E-state index contributed by atoms with van der Waals surface area (Å²) in [4.78, 5) is 14.7. The van der Waals surface area contributed by atoms with Crippen LogP contribution in [0, 0.1) is 0 Å². The van der Waals surface area contributed by atoms with Gasteiger partial charge in [0.05, 0.1) is 6.54 Å². The standard InChI is InChI=1S/C10H15NOS2/c1-2-11(10(12)5-6-13)8-9-4-3-7-14-9/h3-4,7,13H,2,5-6,8H2,1H3. The van der Waals surface area contributed by atoms with Gasteiger partial charge in [0, 0.05) is 17.8 Å². The quantitative estimate of drug-likeness (QED) is 0.769. The summed E-state index contributed by atoms with van der Waals surface area (Å²) in [6, 6.07) is 4.07. The van der Waals surface area contributed by atoms with E-state index in [0.717, 1.165) is 13.1 Å². The van der Waals surface area contributed by atoms with Gasteiger partial charge in [-0.2, -0.15) is 12.6 Å². The second kappa shape index (κ2) is 6.09. The summed E-state index contributed by atoms with van der Waals surface area (Å²) >= 11 is 5.75. The third kappa shape index (κ3) is 3.35. The molecule has 0 N–H and O–H groups in total. The van der Waals surface area contributed by atoms with E-state index in [0.29, 0.717) is 12.2 Å². The Labute approximate surface area is 94.3 Å². The Morgan fingerprint density at radius 3 is 2.93 bits per heavy atom. The molecule has 1 amide bonds. The summed E-state index contributed by atoms with van der Waals surface area (Å²) in [6.07, 6.45) is 0.530. The molecule has 0 aromatic carbocycles. The van der Waals surface area contributed by atoms with Crippen LogP contribution in [-0.4, -0.2) is 23.1 Å². The number of carbonyl (C=O) groups excluding carboxylic acids is 1. The molecule has 0 spiro atoms. The van der Waals surface area contributed by atoms with Gasteiger partial charge in [0.25, 0.3) is 0 Å². The van der Waals surface area contributed by atoms with Gasteiger partial charge < -0.3 is 4.90 Å². The third-order valence-corrected chi connectivity index (χ3v) is 3.07. The maximum absolute atomic E-state index is 11.6. The minimum atomic E-state index is 0.191. The van der Waals surface area contributed by atoms with Gasteiger partial charge in [-0.15, -0.1) is 11.3 Å². The maximum atomic E-state index is 11.6. The largest absolute Gasteiger partial charge is 0.338 e. The predicted octanol–water partition coefficient (Wildman–Crippen LogP) is 2.42. The highest BCUT2D eigenvalue weighted by molar-refractivity contribution is 7.80. The maximum Gasteiger partial charge on any atom is 0.223 e. The Morgan fingerprint density at radius 1 is 1.64 bits per heavy atom. The molecule has 0 aliphatic carbocycles. The average Bonchev–Trinajstić information content (AvgIpc) is 2.66. The molecule has 0 radical (unpaired) electrons. The van der Waals surface area contributed by atoms with E-state index in [1.165, 1.54) is 4.88 Å². The van der Waals surface area contributed by atoms with Crippen molar-refractivity contribution in [2.45, 2.75) is 19.9 Å². The molecule has 0 aliphatic rings. The van der Waals surface area contributed by atoms with Crippen molar-refractivity contribution in [3.8, 4) is 0 Å². The lowest BCUT2D eigenvalue weighted by molar-refractivity contribution is -0.131. The molecule has 2 nitrogen and oxygen atoms in total. The summed E-state index contributed by atoms with van der Waals surface area (Å²) in [5, 5.41) is 2.03. The second-order valence-electron chi connectivity index (χ2n) is 2.96. The van der Waals surface area contributed by atoms with Gasteiger partial charge in [-0.05, 0) is 24.1 Å². The Balaban J connectivity index is 2.50. The first-order chi connectivity index (χ1) is 6.77. The molecular weight excluding hydrogens is 214 g/mol. The number of thiophene rings is 1. The van der Waals surface area contributed by atoms with E-state index in [2.05, 4.69) is 18.7 Å². The van der Waals surface area contributed by atoms with Crippen molar-refractivity contribution in [1.29, 1.82) is 0 Å². The number of hydrogen-bond donors (Lipinski definition) is 1. The highest BCUT2D eigenvalue weighted by atomic mass is 32.1. The first-order valence-electron chi connectivity index (χ1n) is 4.69. The van der Waals surface area contributed by atoms with Crippen LogP contribution < -0.4 is 0 Å². The van der Waals surface area contributed by atoms with Crippen LogP contribution >= 0.6 is 24.0 Å². The lowest BCUT2D eigenvalue weighted by atomic mass is 10.3. The summed E-state index contributed by atoms with van der Waals surface area (Å²) < 4.78 is 0. The molecule has 0 bridgehead atoms. The summed E-state index contributed by atoms with van der Waals surface area (Å²) in [5.41, 5.74) is 0. The summed E-state index contributed by atoms with van der Waals surface area (Å²) in [5.74, 6) is 0.815. The number of nitrogens with zero attached hydrogens (tertiary/aromatic N) is 1. The molecule has 1 aromatic rings. The van der Waals surface area contributed by atoms with Gasteiger partial charge >= 0.3 is 0 Å². The fourth-order valence-electron chi connectivity index (χ4n) is 1.22. The highest BCUT2D eigenvalue weighted by Gasteiger charge is 2.10. The van der Waals surface area contributed by atoms with E-state index in [4.69, 9.17) is 0 Å². The highest BCUT2D eigenvalue weighted by Crippen LogP contribution is 2.12. The van der Waals surface area contributed by atoms with Crippen molar-refractivity contribution in [3.05, 3.63) is 22.4 Å². The van der Waals surface area contributed by atoms with Crippen molar-refractivity contribution in [2.75, 3.05) is 12.3 Å². The number of rotatable bonds is 5. The van der Waals surface area contributed by atoms with Crippen LogP contribution in [0.3, 0.4) is 0 Å². The molecule has 0 saturated carbocycles. The van der Waals surface area contributed by atoms with Crippen LogP contribution in [0.25, 0.3) is 0 Å². The van der Waals surface area contributed by atoms with E-state index in [1.807, 2.05) is 23.3 Å². The predicted molar refractivity (Wildman–Crippen MR) is 63.9 cm³/mol. The number of hydrogen-bond acceptors (Lipinski definition) is 3. The van der Waals surface area contributed by atoms with E-state index in [1.54, 1.807) is 11.3 Å². The van der Waals surface area contributed by atoms with Crippen LogP contribution in [0.5, 0.6) is 0 Å². The third-order valence-electron chi connectivity index (χ3n) is 1.99. The molecule has 0 unspecified atom stereocenters. The number of carbonyl (C=O) groups is 1. The zero-order valence-corrected chi connectivity index (χ0v) is 9.98. The smallest absolute Gasteiger partial charge is 0.223 e. The van der Waals surface area contributed by atoms with E-state index >= 15 is 0 Å². The minimum absolute atomic E-state index is 0.191. The van der Waals surface area contributed by atoms with Crippen LogP contribution in [-0.2, 0) is 11.3 Å². The first kappa shape index (κ1) is 11.6. The van der Waals surface area contributed by atoms with E-state index in [-0.39, 0.29) is 5.91 Å². The van der Waals surface area contributed by atoms with Crippen molar-refractivity contribution >= 4 is 29.9 Å². The lowest BCUT2D eigenvalue weighted by Gasteiger charge is -2.19. The molecule has 1 aromatic heterocycles. The Kier molecular flexibility index (Phi) is 5.04. The average molecular weight is 229 g/mol. The Bertz CT molecular complexity index is 272. The monoisotopic (exact) mass is 229 g/mol. The van der Waals surface area contributed by atoms with Gasteiger partial charge in [0.2, 0.25) is 5.91 Å². The second-order valence-corrected chi connectivity index (χ2v) is 4.44. The Hall–Kier alpha value is -0.480. The van der Waals surface area contributed by atoms with Gasteiger partial charge in [-0.1, -0.05) is 6.07 Å². The molecule has 0 saturated heterocycles. The Morgan fingerprint density at radius 2 is 2.43 bits per heavy atom. The van der Waals surface area contributed by atoms with E-state index in [9.17, 15) is 4.79 Å². The van der Waals surface area contributed by atoms with Crippen molar-refractivity contribution < 1.29 is 4.79 Å². The van der Waals surface area contributed by atoms with Crippen molar-refractivity contribution in [3.63, 3.8) is 0 Å². The SMILES string of the molecule is CCN(Cc1cccs1)C(=O)CCS. The fraction of sp³-hybridized carbons (Fsp3) is 0.500. The van der Waals surface area contributed by atoms with Gasteiger partial charge in [-0.25, -0.2) is 0 Å². The zero-order valence-electron chi connectivity index (χ0n) is 8.27. The zero-order chi connectivity index (χ0) is 10.4. The fourth-order valence-corrected chi connectivity index (χ4v) is 2.13. The molecule has 0 aliphatic heterocycles. The van der Waals surface area contributed by atoms with E-state index < -0.39 is 0 Å². The van der Waals surface area contributed by atoms with Crippen molar-refractivity contribution in [1.82, 2.24) is 4.90 Å². The summed E-state index contributed by atoms with van der Waals surface area (Å²) in [6.45, 7) is 3.51. The first-order valence-corrected chi connectivity index (χ1v) is 6.20. The molecule has 4 heteroatoms.